The van der Waals surface area contributed by atoms with Gasteiger partial charge in [-0.1, -0.05) is 24.3 Å². The summed E-state index contributed by atoms with van der Waals surface area (Å²) < 4.78 is 0. The van der Waals surface area contributed by atoms with Gasteiger partial charge in [-0.25, -0.2) is 4.99 Å². The number of benzene rings is 1. The van der Waals surface area contributed by atoms with Crippen LogP contribution in [0.3, 0.4) is 0 Å². The molecule has 3 rings (SSSR count). The van der Waals surface area contributed by atoms with Gasteiger partial charge in [0.2, 0.25) is 0 Å². The number of amidine groups is 1. The van der Waals surface area contributed by atoms with E-state index in [1.165, 1.54) is 11.1 Å². The number of nitrogens with zero attached hydrogens (tertiary/aromatic N) is 2. The van der Waals surface area contributed by atoms with E-state index in [1.807, 2.05) is 6.20 Å². The molecule has 0 amide bonds. The SMILES string of the molecule is C1=CN=C2c3ccccc3CN2C1. The van der Waals surface area contributed by atoms with Gasteiger partial charge < -0.3 is 4.90 Å². The fourth-order valence-corrected chi connectivity index (χ4v) is 1.93. The van der Waals surface area contributed by atoms with Crippen LogP contribution in [0.2, 0.25) is 0 Å². The van der Waals surface area contributed by atoms with Gasteiger partial charge in [0.25, 0.3) is 0 Å². The van der Waals surface area contributed by atoms with Crippen molar-refractivity contribution < 1.29 is 0 Å². The molecule has 2 nitrogen and oxygen atoms in total. The third-order valence-electron chi connectivity index (χ3n) is 2.55. The maximum Gasteiger partial charge on any atom is 0.136 e. The molecule has 1 aromatic rings. The van der Waals surface area contributed by atoms with Crippen LogP contribution in [-0.4, -0.2) is 17.3 Å². The Morgan fingerprint density at radius 3 is 3.15 bits per heavy atom. The quantitative estimate of drug-likeness (QED) is 0.579. The Labute approximate surface area is 77.2 Å². The highest BCUT2D eigenvalue weighted by Gasteiger charge is 2.24. The minimum Gasteiger partial charge on any atom is -0.348 e. The summed E-state index contributed by atoms with van der Waals surface area (Å²) in [4.78, 5) is 6.69. The Hall–Kier alpha value is -1.57. The van der Waals surface area contributed by atoms with Crippen molar-refractivity contribution in [3.63, 3.8) is 0 Å². The number of hydrogen-bond donors (Lipinski definition) is 0. The van der Waals surface area contributed by atoms with Crippen LogP contribution in [0.4, 0.5) is 0 Å². The first kappa shape index (κ1) is 6.89. The van der Waals surface area contributed by atoms with Crippen molar-refractivity contribution in [3.8, 4) is 0 Å². The van der Waals surface area contributed by atoms with Gasteiger partial charge in [0.1, 0.15) is 5.84 Å². The molecule has 0 spiro atoms. The molecule has 0 radical (unpaired) electrons. The molecule has 0 saturated carbocycles. The molecule has 0 bridgehead atoms. The van der Waals surface area contributed by atoms with E-state index in [0.717, 1.165) is 18.9 Å². The molecule has 0 aliphatic carbocycles. The maximum absolute atomic E-state index is 4.39. The first-order valence-electron chi connectivity index (χ1n) is 4.51. The predicted molar refractivity (Wildman–Crippen MR) is 52.5 cm³/mol. The monoisotopic (exact) mass is 170 g/mol. The molecule has 2 aliphatic rings. The van der Waals surface area contributed by atoms with Crippen molar-refractivity contribution in [2.24, 2.45) is 4.99 Å². The van der Waals surface area contributed by atoms with E-state index >= 15 is 0 Å². The lowest BCUT2D eigenvalue weighted by atomic mass is 10.1. The minimum atomic E-state index is 0.994. The first-order valence-corrected chi connectivity index (χ1v) is 4.51. The number of aliphatic imine (C=N–C) groups is 1. The van der Waals surface area contributed by atoms with E-state index in [1.54, 1.807) is 0 Å². The summed E-state index contributed by atoms with van der Waals surface area (Å²) in [5.41, 5.74) is 2.69. The molecule has 64 valence electrons. The second-order valence-corrected chi connectivity index (χ2v) is 3.38. The Balaban J connectivity index is 2.18. The Kier molecular flexibility index (Phi) is 1.30. The van der Waals surface area contributed by atoms with Crippen molar-refractivity contribution in [1.82, 2.24) is 4.90 Å². The smallest absolute Gasteiger partial charge is 0.136 e. The molecule has 0 unspecified atom stereocenters. The van der Waals surface area contributed by atoms with Gasteiger partial charge in [0.15, 0.2) is 0 Å². The Bertz CT molecular complexity index is 404. The number of fused-ring (bicyclic) bond motifs is 3. The van der Waals surface area contributed by atoms with Crippen LogP contribution in [0.1, 0.15) is 11.1 Å². The van der Waals surface area contributed by atoms with Crippen molar-refractivity contribution in [1.29, 1.82) is 0 Å². The highest BCUT2D eigenvalue weighted by atomic mass is 15.2. The van der Waals surface area contributed by atoms with Crippen LogP contribution in [0.15, 0.2) is 41.5 Å². The number of hydrogen-bond acceptors (Lipinski definition) is 2. The summed E-state index contributed by atoms with van der Waals surface area (Å²) in [5.74, 6) is 1.14. The molecule has 0 N–H and O–H groups in total. The van der Waals surface area contributed by atoms with Gasteiger partial charge >= 0.3 is 0 Å². The summed E-state index contributed by atoms with van der Waals surface area (Å²) in [6.45, 7) is 2.01. The molecule has 2 heterocycles. The molecule has 2 heteroatoms. The second kappa shape index (κ2) is 2.46. The zero-order chi connectivity index (χ0) is 8.67. The highest BCUT2D eigenvalue weighted by Crippen LogP contribution is 2.24. The largest absolute Gasteiger partial charge is 0.348 e. The van der Waals surface area contributed by atoms with Gasteiger partial charge in [0.05, 0.1) is 0 Å². The lowest BCUT2D eigenvalue weighted by molar-refractivity contribution is 0.472. The zero-order valence-electron chi connectivity index (χ0n) is 7.27. The normalized spacial score (nSPS) is 18.2. The summed E-state index contributed by atoms with van der Waals surface area (Å²) in [7, 11) is 0. The fraction of sp³-hybridized carbons (Fsp3) is 0.182. The van der Waals surface area contributed by atoms with Gasteiger partial charge in [-0.2, -0.15) is 0 Å². The summed E-state index contributed by atoms with van der Waals surface area (Å²) in [5, 5.41) is 0. The first-order chi connectivity index (χ1) is 6.45. The zero-order valence-corrected chi connectivity index (χ0v) is 7.27. The minimum absolute atomic E-state index is 0.994. The molecule has 13 heavy (non-hydrogen) atoms. The fourth-order valence-electron chi connectivity index (χ4n) is 1.93. The van der Waals surface area contributed by atoms with E-state index in [-0.39, 0.29) is 0 Å². The Morgan fingerprint density at radius 1 is 1.23 bits per heavy atom. The van der Waals surface area contributed by atoms with Gasteiger partial charge in [0, 0.05) is 24.9 Å². The molecule has 0 saturated heterocycles. The van der Waals surface area contributed by atoms with Gasteiger partial charge in [-0.3, -0.25) is 0 Å². The van der Waals surface area contributed by atoms with Gasteiger partial charge in [-0.15, -0.1) is 0 Å². The molecule has 0 fully saturated rings. The maximum atomic E-state index is 4.39. The number of rotatable bonds is 0. The molecular weight excluding hydrogens is 160 g/mol. The van der Waals surface area contributed by atoms with E-state index < -0.39 is 0 Å². The van der Waals surface area contributed by atoms with Crippen LogP contribution in [0, 0.1) is 0 Å². The van der Waals surface area contributed by atoms with Crippen molar-refractivity contribution >= 4 is 5.84 Å². The molecule has 0 aromatic heterocycles. The summed E-state index contributed by atoms with van der Waals surface area (Å²) >= 11 is 0. The average molecular weight is 170 g/mol. The molecule has 0 atom stereocenters. The molecular formula is C11H10N2. The standard InChI is InChI=1S/C11H10N2/c1-2-5-10-9(4-1)8-13-7-3-6-12-11(10)13/h1-6H,7-8H2. The average Bonchev–Trinajstić information content (AvgIpc) is 2.56. The van der Waals surface area contributed by atoms with E-state index in [4.69, 9.17) is 0 Å². The van der Waals surface area contributed by atoms with E-state index in [2.05, 4.69) is 40.2 Å². The lowest BCUT2D eigenvalue weighted by Gasteiger charge is -2.18. The topological polar surface area (TPSA) is 15.6 Å². The van der Waals surface area contributed by atoms with Crippen LogP contribution < -0.4 is 0 Å². The van der Waals surface area contributed by atoms with Gasteiger partial charge in [-0.05, 0) is 11.6 Å². The van der Waals surface area contributed by atoms with E-state index in [9.17, 15) is 0 Å². The van der Waals surface area contributed by atoms with Crippen molar-refractivity contribution in [2.75, 3.05) is 6.54 Å². The van der Waals surface area contributed by atoms with Crippen LogP contribution in [-0.2, 0) is 6.54 Å². The third-order valence-corrected chi connectivity index (χ3v) is 2.55. The van der Waals surface area contributed by atoms with Crippen molar-refractivity contribution in [2.45, 2.75) is 6.54 Å². The lowest BCUT2D eigenvalue weighted by Crippen LogP contribution is -2.26. The second-order valence-electron chi connectivity index (χ2n) is 3.38. The summed E-state index contributed by atoms with van der Waals surface area (Å²) in [6, 6.07) is 8.48. The van der Waals surface area contributed by atoms with E-state index in [0.29, 0.717) is 0 Å². The van der Waals surface area contributed by atoms with Crippen molar-refractivity contribution in [3.05, 3.63) is 47.7 Å². The molecule has 2 aliphatic heterocycles. The Morgan fingerprint density at radius 2 is 2.15 bits per heavy atom. The highest BCUT2D eigenvalue weighted by molar-refractivity contribution is 6.03. The predicted octanol–water partition coefficient (Wildman–Crippen LogP) is 1.78. The molecule has 1 aromatic carbocycles. The van der Waals surface area contributed by atoms with Crippen LogP contribution in [0.5, 0.6) is 0 Å². The summed E-state index contributed by atoms with van der Waals surface area (Å²) in [6.07, 6.45) is 3.99. The van der Waals surface area contributed by atoms with Crippen LogP contribution in [0.25, 0.3) is 0 Å². The third kappa shape index (κ3) is 0.917. The van der Waals surface area contributed by atoms with Crippen LogP contribution >= 0.6 is 0 Å².